The highest BCUT2D eigenvalue weighted by Crippen LogP contribution is 2.54. The molecule has 0 radical (unpaired) electrons. The predicted octanol–water partition coefficient (Wildman–Crippen LogP) is 13.6. The molecule has 5 heteroatoms. The molecule has 6 aromatic rings. The van der Waals surface area contributed by atoms with E-state index in [1.807, 2.05) is 80.6 Å². The molecule has 274 valence electrons. The van der Waals surface area contributed by atoms with Crippen molar-refractivity contribution >= 4 is 22.4 Å². The van der Waals surface area contributed by atoms with Gasteiger partial charge in [-0.2, -0.15) is 0 Å². The Bertz CT molecular complexity index is 2340. The molecule has 0 heterocycles. The highest BCUT2D eigenvalue weighted by atomic mass is 19.1. The molecule has 1 amide bonds. The Hall–Kier alpha value is -5.29. The van der Waals surface area contributed by atoms with Crippen molar-refractivity contribution in [2.75, 3.05) is 5.32 Å². The van der Waals surface area contributed by atoms with Crippen LogP contribution < -0.4 is 5.32 Å². The zero-order valence-electron chi connectivity index (χ0n) is 31.3. The van der Waals surface area contributed by atoms with E-state index in [-0.39, 0.29) is 22.4 Å². The maximum Gasteiger partial charge on any atom is 0.255 e. The van der Waals surface area contributed by atoms with Gasteiger partial charge in [0.2, 0.25) is 0 Å². The van der Waals surface area contributed by atoms with Crippen molar-refractivity contribution in [3.05, 3.63) is 143 Å². The number of phenolic OH excluding ortho intramolecular Hbond substituents is 1. The molecule has 2 N–H and O–H groups in total. The fraction of sp³-hybridized carbons (Fsp3) is 0.286. The van der Waals surface area contributed by atoms with Gasteiger partial charge in [0.05, 0.1) is 5.39 Å². The summed E-state index contributed by atoms with van der Waals surface area (Å²) in [7, 11) is 0. The first kappa shape index (κ1) is 35.7. The Morgan fingerprint density at radius 1 is 0.704 bits per heavy atom. The van der Waals surface area contributed by atoms with E-state index < -0.39 is 17.0 Å². The van der Waals surface area contributed by atoms with Gasteiger partial charge in [-0.05, 0) is 136 Å². The number of fused-ring (bicyclic) bond motifs is 5. The van der Waals surface area contributed by atoms with Crippen LogP contribution in [0.1, 0.15) is 105 Å². The number of unbranched alkanes of at least 4 members (excludes halogenated alkanes) is 2. The number of nitrogens with one attached hydrogen (secondary N) is 1. The number of aromatic hydroxyl groups is 1. The van der Waals surface area contributed by atoms with E-state index in [1.54, 1.807) is 6.07 Å². The molecular weight excluding hydrogens is 673 g/mol. The monoisotopic (exact) mass is 719 g/mol. The van der Waals surface area contributed by atoms with Crippen LogP contribution in [0.15, 0.2) is 109 Å². The minimum atomic E-state index is -0.659. The standard InChI is InChI=1S/C49H47F2NO2/c1-4-5-6-7-30-8-10-31(11-9-30)32-12-14-33(15-13-32)34-16-18-36(19-17-34)48(54)52-38-23-20-35(21-24-38)37-22-25-40-39(28-37)45-41(49(40,2)3)29-44(53)46-42(50)26-27-43(51)47(45)46/h12-31,53H,4-11H2,1-3H3,(H,52,54). The first-order chi connectivity index (χ1) is 26.1. The second kappa shape index (κ2) is 14.5. The normalized spacial score (nSPS) is 17.3. The lowest BCUT2D eigenvalue weighted by Crippen LogP contribution is -2.15. The molecule has 0 aromatic heterocycles. The summed E-state index contributed by atoms with van der Waals surface area (Å²) in [4.78, 5) is 13.2. The fourth-order valence-electron chi connectivity index (χ4n) is 9.03. The highest BCUT2D eigenvalue weighted by molar-refractivity contribution is 6.06. The molecule has 2 aliphatic carbocycles. The largest absolute Gasteiger partial charge is 0.507 e. The van der Waals surface area contributed by atoms with Crippen LogP contribution in [0.3, 0.4) is 0 Å². The molecule has 2 aliphatic rings. The number of amides is 1. The van der Waals surface area contributed by atoms with Gasteiger partial charge in [0.15, 0.2) is 0 Å². The minimum absolute atomic E-state index is 0.0960. The van der Waals surface area contributed by atoms with Crippen LogP contribution in [-0.4, -0.2) is 11.0 Å². The number of benzene rings is 6. The predicted molar refractivity (Wildman–Crippen MR) is 217 cm³/mol. The quantitative estimate of drug-likeness (QED) is 0.146. The number of phenols is 1. The van der Waals surface area contributed by atoms with Gasteiger partial charge in [-0.1, -0.05) is 107 Å². The summed E-state index contributed by atoms with van der Waals surface area (Å²) in [5, 5.41) is 13.8. The smallest absolute Gasteiger partial charge is 0.255 e. The van der Waals surface area contributed by atoms with E-state index >= 15 is 4.39 Å². The minimum Gasteiger partial charge on any atom is -0.507 e. The molecule has 54 heavy (non-hydrogen) atoms. The summed E-state index contributed by atoms with van der Waals surface area (Å²) in [6.07, 6.45) is 10.7. The van der Waals surface area contributed by atoms with E-state index in [0.717, 1.165) is 57.0 Å². The lowest BCUT2D eigenvalue weighted by Gasteiger charge is -2.29. The molecule has 0 unspecified atom stereocenters. The molecule has 0 spiro atoms. The van der Waals surface area contributed by atoms with Crippen molar-refractivity contribution in [3.8, 4) is 39.1 Å². The lowest BCUT2D eigenvalue weighted by molar-refractivity contribution is 0.102. The summed E-state index contributed by atoms with van der Waals surface area (Å²) >= 11 is 0. The Balaban J connectivity index is 0.940. The van der Waals surface area contributed by atoms with Crippen molar-refractivity contribution in [2.45, 2.75) is 83.5 Å². The second-order valence-corrected chi connectivity index (χ2v) is 15.9. The average molecular weight is 720 g/mol. The summed E-state index contributed by atoms with van der Waals surface area (Å²) in [5.74, 6) is -0.107. The summed E-state index contributed by atoms with van der Waals surface area (Å²) < 4.78 is 30.2. The van der Waals surface area contributed by atoms with Gasteiger partial charge in [0.1, 0.15) is 17.4 Å². The maximum atomic E-state index is 15.3. The van der Waals surface area contributed by atoms with Gasteiger partial charge in [0.25, 0.3) is 5.91 Å². The fourth-order valence-corrected chi connectivity index (χ4v) is 9.03. The van der Waals surface area contributed by atoms with E-state index in [1.165, 1.54) is 56.9 Å². The van der Waals surface area contributed by atoms with Gasteiger partial charge in [-0.3, -0.25) is 4.79 Å². The molecule has 0 aliphatic heterocycles. The van der Waals surface area contributed by atoms with Gasteiger partial charge >= 0.3 is 0 Å². The Labute approximate surface area is 317 Å². The van der Waals surface area contributed by atoms with Crippen molar-refractivity contribution in [1.82, 2.24) is 0 Å². The number of carbonyl (C=O) groups is 1. The number of hydrogen-bond donors (Lipinski definition) is 2. The number of rotatable bonds is 9. The van der Waals surface area contributed by atoms with Crippen LogP contribution in [0.5, 0.6) is 5.75 Å². The Morgan fingerprint density at radius 2 is 1.30 bits per heavy atom. The SMILES string of the molecule is CCCCCC1CCC(c2ccc(-c3ccc(C(=O)Nc4ccc(-c5ccc6c(c5)-c5c(cc(O)c7c(F)ccc(F)c57)C6(C)C)cc4)cc3)cc2)CC1. The van der Waals surface area contributed by atoms with Gasteiger partial charge in [-0.15, -0.1) is 0 Å². The van der Waals surface area contributed by atoms with E-state index in [9.17, 15) is 14.3 Å². The first-order valence-electron chi connectivity index (χ1n) is 19.5. The number of halogens is 2. The zero-order valence-corrected chi connectivity index (χ0v) is 31.3. The summed E-state index contributed by atoms with van der Waals surface area (Å²) in [6.45, 7) is 6.34. The van der Waals surface area contributed by atoms with Crippen LogP contribution in [-0.2, 0) is 5.41 Å². The Kier molecular flexibility index (Phi) is 9.60. The van der Waals surface area contributed by atoms with Gasteiger partial charge in [0, 0.05) is 22.1 Å². The average Bonchev–Trinajstić information content (AvgIpc) is 3.41. The van der Waals surface area contributed by atoms with E-state index in [0.29, 0.717) is 22.7 Å². The van der Waals surface area contributed by atoms with Crippen molar-refractivity contribution in [1.29, 1.82) is 0 Å². The van der Waals surface area contributed by atoms with E-state index in [4.69, 9.17) is 0 Å². The molecule has 3 nitrogen and oxygen atoms in total. The topological polar surface area (TPSA) is 49.3 Å². The van der Waals surface area contributed by atoms with Crippen LogP contribution in [0.2, 0.25) is 0 Å². The molecule has 0 bridgehead atoms. The number of hydrogen-bond acceptors (Lipinski definition) is 2. The van der Waals surface area contributed by atoms with Crippen molar-refractivity contribution in [3.63, 3.8) is 0 Å². The lowest BCUT2D eigenvalue weighted by atomic mass is 9.77. The molecule has 8 rings (SSSR count). The third kappa shape index (κ3) is 6.59. The number of anilines is 1. The molecule has 0 atom stereocenters. The third-order valence-electron chi connectivity index (χ3n) is 12.2. The van der Waals surface area contributed by atoms with Crippen molar-refractivity contribution < 1.29 is 18.7 Å². The number of carbonyl (C=O) groups excluding carboxylic acids is 1. The van der Waals surface area contributed by atoms with Crippen LogP contribution in [0.4, 0.5) is 14.5 Å². The molecule has 1 fully saturated rings. The van der Waals surface area contributed by atoms with Crippen LogP contribution in [0, 0.1) is 17.6 Å². The zero-order chi connectivity index (χ0) is 37.6. The highest BCUT2D eigenvalue weighted by Gasteiger charge is 2.38. The first-order valence-corrected chi connectivity index (χ1v) is 19.5. The molecule has 0 saturated heterocycles. The van der Waals surface area contributed by atoms with Gasteiger partial charge in [-0.25, -0.2) is 8.78 Å². The van der Waals surface area contributed by atoms with Crippen LogP contribution in [0.25, 0.3) is 44.2 Å². The maximum absolute atomic E-state index is 15.3. The van der Waals surface area contributed by atoms with Crippen molar-refractivity contribution in [2.24, 2.45) is 5.92 Å². The summed E-state index contributed by atoms with van der Waals surface area (Å²) in [6, 6.07) is 34.2. The van der Waals surface area contributed by atoms with E-state index in [2.05, 4.69) is 36.5 Å². The summed E-state index contributed by atoms with van der Waals surface area (Å²) in [5.41, 5.74) is 9.40. The third-order valence-corrected chi connectivity index (χ3v) is 12.2. The molecule has 6 aromatic carbocycles. The molecule has 1 saturated carbocycles. The molecular formula is C49H47F2NO2. The second-order valence-electron chi connectivity index (χ2n) is 15.9. The van der Waals surface area contributed by atoms with Gasteiger partial charge < -0.3 is 10.4 Å². The Morgan fingerprint density at radius 3 is 1.96 bits per heavy atom. The van der Waals surface area contributed by atoms with Crippen LogP contribution >= 0.6 is 0 Å².